The molecule has 6 heteroatoms. The van der Waals surface area contributed by atoms with Crippen molar-refractivity contribution in [2.75, 3.05) is 25.0 Å². The van der Waals surface area contributed by atoms with Gasteiger partial charge in [0.1, 0.15) is 6.54 Å². The Bertz CT molecular complexity index is 421. The average Bonchev–Trinajstić information content (AvgIpc) is 2.26. The van der Waals surface area contributed by atoms with Crippen molar-refractivity contribution in [1.29, 1.82) is 0 Å². The second-order valence-electron chi connectivity index (χ2n) is 4.46. The lowest BCUT2D eigenvalue weighted by atomic mass is 10.1. The van der Waals surface area contributed by atoms with Crippen LogP contribution in [-0.2, 0) is 0 Å². The van der Waals surface area contributed by atoms with Crippen LogP contribution < -0.4 is 10.2 Å². The van der Waals surface area contributed by atoms with Crippen LogP contribution in [0.25, 0.3) is 0 Å². The first-order chi connectivity index (χ1) is 8.74. The zero-order valence-corrected chi connectivity index (χ0v) is 11.9. The van der Waals surface area contributed by atoms with Crippen molar-refractivity contribution in [3.05, 3.63) is 28.8 Å². The van der Waals surface area contributed by atoms with Gasteiger partial charge >= 0.3 is 6.18 Å². The molecule has 1 N–H and O–H groups in total. The van der Waals surface area contributed by atoms with Crippen LogP contribution in [0.3, 0.4) is 0 Å². The molecular formula is C13H18ClF3N2. The lowest BCUT2D eigenvalue weighted by Crippen LogP contribution is -2.30. The first-order valence-corrected chi connectivity index (χ1v) is 6.43. The predicted octanol–water partition coefficient (Wildman–Crippen LogP) is 4.01. The fourth-order valence-electron chi connectivity index (χ4n) is 1.88. The third kappa shape index (κ3) is 4.91. The molecule has 0 aromatic heterocycles. The lowest BCUT2D eigenvalue weighted by Gasteiger charge is -2.22. The van der Waals surface area contributed by atoms with Gasteiger partial charge in [0.25, 0.3) is 0 Å². The molecule has 1 atom stereocenters. The zero-order chi connectivity index (χ0) is 14.6. The van der Waals surface area contributed by atoms with Crippen LogP contribution in [0.1, 0.15) is 25.5 Å². The highest BCUT2D eigenvalue weighted by molar-refractivity contribution is 6.31. The van der Waals surface area contributed by atoms with Crippen molar-refractivity contribution in [3.8, 4) is 0 Å². The van der Waals surface area contributed by atoms with Crippen molar-refractivity contribution in [1.82, 2.24) is 5.32 Å². The molecule has 108 valence electrons. The molecule has 1 unspecified atom stereocenters. The summed E-state index contributed by atoms with van der Waals surface area (Å²) >= 11 is 6.13. The molecule has 0 aliphatic heterocycles. The molecule has 0 aliphatic carbocycles. The highest BCUT2D eigenvalue weighted by Crippen LogP contribution is 2.29. The molecular weight excluding hydrogens is 277 g/mol. The molecule has 0 radical (unpaired) electrons. The Kier molecular flexibility index (Phi) is 5.50. The Labute approximate surface area is 116 Å². The van der Waals surface area contributed by atoms with Gasteiger partial charge < -0.3 is 10.2 Å². The van der Waals surface area contributed by atoms with Crippen LogP contribution in [0.4, 0.5) is 18.9 Å². The Balaban J connectivity index is 2.87. The third-order valence-electron chi connectivity index (χ3n) is 2.82. The van der Waals surface area contributed by atoms with E-state index in [1.54, 1.807) is 18.2 Å². The number of halogens is 4. The number of anilines is 1. The molecule has 0 fully saturated rings. The number of rotatable bonds is 5. The number of hydrogen-bond donors (Lipinski definition) is 1. The summed E-state index contributed by atoms with van der Waals surface area (Å²) in [5.41, 5.74) is 1.34. The summed E-state index contributed by atoms with van der Waals surface area (Å²) in [4.78, 5) is 1.13. The van der Waals surface area contributed by atoms with Crippen LogP contribution in [0.2, 0.25) is 5.02 Å². The minimum atomic E-state index is -4.23. The third-order valence-corrected chi connectivity index (χ3v) is 3.15. The summed E-state index contributed by atoms with van der Waals surface area (Å²) in [5.74, 6) is 0. The molecule has 0 spiro atoms. The van der Waals surface area contributed by atoms with E-state index in [0.29, 0.717) is 10.7 Å². The first kappa shape index (κ1) is 16.1. The maximum absolute atomic E-state index is 12.3. The highest BCUT2D eigenvalue weighted by atomic mass is 35.5. The van der Waals surface area contributed by atoms with Gasteiger partial charge in [-0.05, 0) is 31.2 Å². The summed E-state index contributed by atoms with van der Waals surface area (Å²) in [7, 11) is 1.40. The van der Waals surface area contributed by atoms with Crippen LogP contribution in [-0.4, -0.2) is 26.3 Å². The van der Waals surface area contributed by atoms with Gasteiger partial charge in [-0.3, -0.25) is 0 Å². The van der Waals surface area contributed by atoms with E-state index in [0.717, 1.165) is 17.0 Å². The van der Waals surface area contributed by atoms with Gasteiger partial charge in [-0.15, -0.1) is 0 Å². The summed E-state index contributed by atoms with van der Waals surface area (Å²) in [6.45, 7) is 3.75. The molecule has 1 rings (SSSR count). The Hall–Kier alpha value is -0.940. The van der Waals surface area contributed by atoms with Crippen LogP contribution in [0.15, 0.2) is 18.2 Å². The number of benzene rings is 1. The molecule has 0 saturated carbocycles. The molecule has 0 saturated heterocycles. The number of hydrogen-bond acceptors (Lipinski definition) is 2. The van der Waals surface area contributed by atoms with E-state index in [1.165, 1.54) is 7.05 Å². The van der Waals surface area contributed by atoms with E-state index in [1.807, 2.05) is 13.8 Å². The Morgan fingerprint density at radius 2 is 2.00 bits per heavy atom. The second-order valence-corrected chi connectivity index (χ2v) is 4.86. The lowest BCUT2D eigenvalue weighted by molar-refractivity contribution is -0.119. The normalized spacial score (nSPS) is 13.4. The zero-order valence-electron chi connectivity index (χ0n) is 11.2. The van der Waals surface area contributed by atoms with Crippen molar-refractivity contribution >= 4 is 17.3 Å². The van der Waals surface area contributed by atoms with Gasteiger partial charge in [0.2, 0.25) is 0 Å². The molecule has 0 bridgehead atoms. The quantitative estimate of drug-likeness (QED) is 0.883. The van der Waals surface area contributed by atoms with Gasteiger partial charge in [-0.2, -0.15) is 13.2 Å². The summed E-state index contributed by atoms with van der Waals surface area (Å²) in [6, 6.07) is 5.05. The highest BCUT2D eigenvalue weighted by Gasteiger charge is 2.29. The van der Waals surface area contributed by atoms with Crippen molar-refractivity contribution in [2.24, 2.45) is 0 Å². The number of nitrogens with one attached hydrogen (secondary N) is 1. The molecule has 0 heterocycles. The first-order valence-electron chi connectivity index (χ1n) is 6.05. The molecule has 19 heavy (non-hydrogen) atoms. The van der Waals surface area contributed by atoms with E-state index < -0.39 is 12.7 Å². The minimum Gasteiger partial charge on any atom is -0.366 e. The smallest absolute Gasteiger partial charge is 0.366 e. The van der Waals surface area contributed by atoms with Crippen molar-refractivity contribution in [2.45, 2.75) is 26.1 Å². The summed E-state index contributed by atoms with van der Waals surface area (Å²) < 4.78 is 36.9. The van der Waals surface area contributed by atoms with E-state index in [2.05, 4.69) is 5.32 Å². The van der Waals surface area contributed by atoms with Crippen LogP contribution in [0, 0.1) is 0 Å². The Morgan fingerprint density at radius 3 is 2.47 bits per heavy atom. The largest absolute Gasteiger partial charge is 0.405 e. The van der Waals surface area contributed by atoms with E-state index >= 15 is 0 Å². The topological polar surface area (TPSA) is 15.3 Å². The number of nitrogens with zero attached hydrogens (tertiary/aromatic N) is 1. The van der Waals surface area contributed by atoms with E-state index in [4.69, 9.17) is 11.6 Å². The Morgan fingerprint density at radius 1 is 1.37 bits per heavy atom. The van der Waals surface area contributed by atoms with Gasteiger partial charge in [-0.1, -0.05) is 24.6 Å². The van der Waals surface area contributed by atoms with E-state index in [9.17, 15) is 13.2 Å². The predicted molar refractivity (Wildman–Crippen MR) is 72.9 cm³/mol. The van der Waals surface area contributed by atoms with E-state index in [-0.39, 0.29) is 6.04 Å². The molecule has 1 aromatic carbocycles. The van der Waals surface area contributed by atoms with Gasteiger partial charge in [0.05, 0.1) is 0 Å². The maximum Gasteiger partial charge on any atom is 0.405 e. The monoisotopic (exact) mass is 294 g/mol. The van der Waals surface area contributed by atoms with Crippen molar-refractivity contribution < 1.29 is 13.2 Å². The maximum atomic E-state index is 12.3. The molecule has 0 amide bonds. The standard InChI is InChI=1S/C13H18ClF3N2/c1-4-18-9(2)11-6-5-10(7-12(11)14)19(3)8-13(15,16)17/h5-7,9,18H,4,8H2,1-3H3. The summed E-state index contributed by atoms with van der Waals surface area (Å²) in [5, 5.41) is 3.68. The second kappa shape index (κ2) is 6.48. The van der Waals surface area contributed by atoms with Crippen LogP contribution >= 0.6 is 11.6 Å². The molecule has 2 nitrogen and oxygen atoms in total. The fourth-order valence-corrected chi connectivity index (χ4v) is 2.22. The van der Waals surface area contributed by atoms with Crippen LogP contribution in [0.5, 0.6) is 0 Å². The average molecular weight is 295 g/mol. The van der Waals surface area contributed by atoms with Gasteiger partial charge in [0, 0.05) is 23.8 Å². The minimum absolute atomic E-state index is 0.0690. The van der Waals surface area contributed by atoms with Crippen molar-refractivity contribution in [3.63, 3.8) is 0 Å². The molecule has 1 aromatic rings. The summed E-state index contributed by atoms with van der Waals surface area (Å²) in [6.07, 6.45) is -4.23. The number of alkyl halides is 3. The fraction of sp³-hybridized carbons (Fsp3) is 0.538. The van der Waals surface area contributed by atoms with Gasteiger partial charge in [0.15, 0.2) is 0 Å². The van der Waals surface area contributed by atoms with Gasteiger partial charge in [-0.25, -0.2) is 0 Å². The SMILES string of the molecule is CCNC(C)c1ccc(N(C)CC(F)(F)F)cc1Cl. The molecule has 0 aliphatic rings.